The van der Waals surface area contributed by atoms with Crippen LogP contribution in [0, 0.1) is 0 Å². The normalized spacial score (nSPS) is 18.0. The van der Waals surface area contributed by atoms with Gasteiger partial charge in [-0.3, -0.25) is 15.1 Å². The first-order chi connectivity index (χ1) is 10.7. The summed E-state index contributed by atoms with van der Waals surface area (Å²) in [5, 5.41) is 2.90. The highest BCUT2D eigenvalue weighted by Crippen LogP contribution is 2.23. The second-order valence-corrected chi connectivity index (χ2v) is 5.09. The van der Waals surface area contributed by atoms with Crippen LogP contribution in [0.2, 0.25) is 0 Å². The van der Waals surface area contributed by atoms with Crippen LogP contribution in [0.5, 0.6) is 0 Å². The highest BCUT2D eigenvalue weighted by Gasteiger charge is 2.19. The number of aliphatic imine (C=N–C) groups is 1. The minimum absolute atomic E-state index is 0.0182. The van der Waals surface area contributed by atoms with E-state index in [-0.39, 0.29) is 5.91 Å². The molecule has 1 aliphatic heterocycles. The predicted octanol–water partition coefficient (Wildman–Crippen LogP) is 3.43. The third-order valence-corrected chi connectivity index (χ3v) is 3.70. The van der Waals surface area contributed by atoms with Crippen LogP contribution in [0.1, 0.15) is 46.5 Å². The van der Waals surface area contributed by atoms with Gasteiger partial charge in [0, 0.05) is 26.6 Å². The van der Waals surface area contributed by atoms with Crippen LogP contribution in [0.15, 0.2) is 40.4 Å². The predicted molar refractivity (Wildman–Crippen MR) is 93.9 cm³/mol. The Bertz CT molecular complexity index is 487. The highest BCUT2D eigenvalue weighted by atomic mass is 16.1. The SMILES string of the molecule is CC.CCC(=O)NC(=NC)N1CCCC2=C(CC=CC=C2)C1. The fourth-order valence-corrected chi connectivity index (χ4v) is 2.58. The molecule has 0 bridgehead atoms. The van der Waals surface area contributed by atoms with E-state index in [0.29, 0.717) is 12.4 Å². The van der Waals surface area contributed by atoms with Crippen molar-refractivity contribution in [1.82, 2.24) is 10.2 Å². The first-order valence-corrected chi connectivity index (χ1v) is 8.30. The molecule has 0 saturated carbocycles. The Balaban J connectivity index is 0.00000116. The second kappa shape index (κ2) is 9.98. The molecule has 2 rings (SSSR count). The summed E-state index contributed by atoms with van der Waals surface area (Å²) in [6.45, 7) is 7.63. The molecular weight excluding hydrogens is 274 g/mol. The van der Waals surface area contributed by atoms with Gasteiger partial charge >= 0.3 is 0 Å². The third-order valence-electron chi connectivity index (χ3n) is 3.70. The van der Waals surface area contributed by atoms with Crippen LogP contribution < -0.4 is 5.32 Å². The van der Waals surface area contributed by atoms with Crippen molar-refractivity contribution in [1.29, 1.82) is 0 Å². The first kappa shape index (κ1) is 18.2. The lowest BCUT2D eigenvalue weighted by Crippen LogP contribution is -2.44. The van der Waals surface area contributed by atoms with Crippen molar-refractivity contribution in [2.24, 2.45) is 4.99 Å². The van der Waals surface area contributed by atoms with E-state index in [9.17, 15) is 4.79 Å². The van der Waals surface area contributed by atoms with Gasteiger partial charge in [0.25, 0.3) is 0 Å². The van der Waals surface area contributed by atoms with Crippen molar-refractivity contribution in [3.8, 4) is 0 Å². The second-order valence-electron chi connectivity index (χ2n) is 5.09. The van der Waals surface area contributed by atoms with Gasteiger partial charge in [0.05, 0.1) is 0 Å². The van der Waals surface area contributed by atoms with Gasteiger partial charge < -0.3 is 4.90 Å². The number of nitrogens with one attached hydrogen (secondary N) is 1. The lowest BCUT2D eigenvalue weighted by atomic mass is 10.0. The Morgan fingerprint density at radius 3 is 2.82 bits per heavy atom. The number of rotatable bonds is 1. The monoisotopic (exact) mass is 303 g/mol. The first-order valence-electron chi connectivity index (χ1n) is 8.30. The molecule has 0 radical (unpaired) electrons. The molecule has 0 aromatic heterocycles. The third kappa shape index (κ3) is 5.17. The Morgan fingerprint density at radius 2 is 2.14 bits per heavy atom. The Hall–Kier alpha value is -1.84. The zero-order valence-corrected chi connectivity index (χ0v) is 14.4. The largest absolute Gasteiger partial charge is 0.339 e. The topological polar surface area (TPSA) is 44.7 Å². The van der Waals surface area contributed by atoms with Crippen LogP contribution in [0.25, 0.3) is 0 Å². The van der Waals surface area contributed by atoms with E-state index in [1.165, 1.54) is 11.1 Å². The van der Waals surface area contributed by atoms with Gasteiger partial charge in [0.1, 0.15) is 0 Å². The summed E-state index contributed by atoms with van der Waals surface area (Å²) in [4.78, 5) is 18.0. The van der Waals surface area contributed by atoms with Crippen molar-refractivity contribution in [3.63, 3.8) is 0 Å². The lowest BCUT2D eigenvalue weighted by molar-refractivity contribution is -0.119. The van der Waals surface area contributed by atoms with Gasteiger partial charge in [0.2, 0.25) is 11.9 Å². The van der Waals surface area contributed by atoms with Crippen molar-refractivity contribution in [3.05, 3.63) is 35.5 Å². The van der Waals surface area contributed by atoms with E-state index in [1.54, 1.807) is 7.05 Å². The molecule has 1 aliphatic carbocycles. The summed E-state index contributed by atoms with van der Waals surface area (Å²) in [6, 6.07) is 0. The number of nitrogens with zero attached hydrogens (tertiary/aromatic N) is 2. The van der Waals surface area contributed by atoms with Gasteiger partial charge in [-0.25, -0.2) is 0 Å². The summed E-state index contributed by atoms with van der Waals surface area (Å²) in [5.41, 5.74) is 2.87. The number of carbonyl (C=O) groups excluding carboxylic acids is 1. The molecule has 1 heterocycles. The van der Waals surface area contributed by atoms with Gasteiger partial charge in [0.15, 0.2) is 0 Å². The number of hydrogen-bond acceptors (Lipinski definition) is 2. The molecule has 0 aromatic carbocycles. The van der Waals surface area contributed by atoms with Gasteiger partial charge in [-0.1, -0.05) is 45.1 Å². The summed E-state index contributed by atoms with van der Waals surface area (Å²) < 4.78 is 0. The molecule has 2 aliphatic rings. The van der Waals surface area contributed by atoms with Gasteiger partial charge in [-0.05, 0) is 30.4 Å². The molecule has 0 aromatic rings. The van der Waals surface area contributed by atoms with E-state index in [0.717, 1.165) is 32.4 Å². The highest BCUT2D eigenvalue weighted by molar-refractivity contribution is 5.96. The molecule has 0 saturated heterocycles. The molecule has 1 amide bonds. The number of allylic oxidation sites excluding steroid dienone is 5. The maximum Gasteiger partial charge on any atom is 0.226 e. The van der Waals surface area contributed by atoms with Crippen molar-refractivity contribution in [2.45, 2.75) is 46.5 Å². The van der Waals surface area contributed by atoms with Crippen LogP contribution in [0.3, 0.4) is 0 Å². The number of carbonyl (C=O) groups is 1. The minimum Gasteiger partial charge on any atom is -0.339 e. The quantitative estimate of drug-likeness (QED) is 0.596. The molecule has 4 nitrogen and oxygen atoms in total. The summed E-state index contributed by atoms with van der Waals surface area (Å²) >= 11 is 0. The smallest absolute Gasteiger partial charge is 0.226 e. The van der Waals surface area contributed by atoms with Crippen molar-refractivity contribution < 1.29 is 4.79 Å². The van der Waals surface area contributed by atoms with Gasteiger partial charge in [-0.2, -0.15) is 0 Å². The molecule has 1 N–H and O–H groups in total. The maximum absolute atomic E-state index is 11.6. The number of amides is 1. The molecule has 0 fully saturated rings. The zero-order valence-electron chi connectivity index (χ0n) is 14.4. The van der Waals surface area contributed by atoms with E-state index in [1.807, 2.05) is 20.8 Å². The van der Waals surface area contributed by atoms with Crippen molar-refractivity contribution in [2.75, 3.05) is 20.1 Å². The van der Waals surface area contributed by atoms with Gasteiger partial charge in [-0.15, -0.1) is 0 Å². The zero-order chi connectivity index (χ0) is 16.4. The van der Waals surface area contributed by atoms with Crippen LogP contribution in [-0.2, 0) is 4.79 Å². The Kier molecular flexibility index (Phi) is 8.26. The average molecular weight is 303 g/mol. The summed E-state index contributed by atoms with van der Waals surface area (Å²) in [5.74, 6) is 0.715. The minimum atomic E-state index is 0.0182. The average Bonchev–Trinajstić information content (AvgIpc) is 2.89. The molecule has 122 valence electrons. The molecule has 0 unspecified atom stereocenters. The number of guanidine groups is 1. The molecular formula is C18H29N3O. The van der Waals surface area contributed by atoms with Crippen molar-refractivity contribution >= 4 is 11.9 Å². The Morgan fingerprint density at radius 1 is 1.36 bits per heavy atom. The standard InChI is InChI=1S/C16H23N3O.C2H6/c1-3-15(20)18-16(17-2)19-11-7-10-13-8-5-4-6-9-14(13)12-19;1-2/h4-6,8H,3,7,9-12H2,1-2H3,(H,17,18,20);1-2H3. The fraction of sp³-hybridized carbons (Fsp3) is 0.556. The van der Waals surface area contributed by atoms with E-state index in [4.69, 9.17) is 0 Å². The Labute approximate surface area is 134 Å². The van der Waals surface area contributed by atoms with E-state index >= 15 is 0 Å². The summed E-state index contributed by atoms with van der Waals surface area (Å²) in [6.07, 6.45) is 12.3. The number of hydrogen-bond donors (Lipinski definition) is 1. The summed E-state index contributed by atoms with van der Waals surface area (Å²) in [7, 11) is 1.73. The molecule has 0 atom stereocenters. The van der Waals surface area contributed by atoms with Crippen LogP contribution in [-0.4, -0.2) is 36.9 Å². The van der Waals surface area contributed by atoms with Crippen LogP contribution >= 0.6 is 0 Å². The van der Waals surface area contributed by atoms with E-state index < -0.39 is 0 Å². The molecule has 0 spiro atoms. The van der Waals surface area contributed by atoms with Crippen LogP contribution in [0.4, 0.5) is 0 Å². The molecule has 4 heteroatoms. The maximum atomic E-state index is 11.6. The fourth-order valence-electron chi connectivity index (χ4n) is 2.58. The lowest BCUT2D eigenvalue weighted by Gasteiger charge is -2.25. The van der Waals surface area contributed by atoms with E-state index in [2.05, 4.69) is 39.5 Å². The molecule has 22 heavy (non-hydrogen) atoms.